The lowest BCUT2D eigenvalue weighted by molar-refractivity contribution is -0.138. The van der Waals surface area contributed by atoms with E-state index in [-0.39, 0.29) is 85.8 Å². The molecule has 0 radical (unpaired) electrons. The predicted molar refractivity (Wildman–Crippen MR) is 231 cm³/mol. The van der Waals surface area contributed by atoms with Crippen molar-refractivity contribution >= 4 is 61.9 Å². The number of aryl methyl sites for hydroxylation is 3. The number of likely N-dealkylation sites (tertiary alicyclic amines) is 1. The Bertz CT molecular complexity index is 2270. The van der Waals surface area contributed by atoms with E-state index in [9.17, 15) is 24.0 Å². The number of ketones is 2. The number of halogens is 1. The number of carbonyl (C=O) groups is 5. The van der Waals surface area contributed by atoms with Crippen LogP contribution in [0.25, 0.3) is 22.0 Å². The van der Waals surface area contributed by atoms with Crippen LogP contribution >= 0.6 is 15.9 Å². The molecule has 332 valence electrons. The van der Waals surface area contributed by atoms with Gasteiger partial charge in [-0.1, -0.05) is 13.0 Å². The quantitative estimate of drug-likeness (QED) is 0.0521. The lowest BCUT2D eigenvalue weighted by Crippen LogP contribution is -2.47. The maximum absolute atomic E-state index is 14.1. The molecule has 1 saturated heterocycles. The van der Waals surface area contributed by atoms with Gasteiger partial charge in [0, 0.05) is 62.2 Å². The first-order valence-corrected chi connectivity index (χ1v) is 21.4. The topological polar surface area (TPSA) is 232 Å². The number of rotatable bonds is 24. The summed E-state index contributed by atoms with van der Waals surface area (Å²) < 4.78 is 23.4. The lowest BCUT2D eigenvalue weighted by Gasteiger charge is -2.27. The third-order valence-electron chi connectivity index (χ3n) is 10.9. The van der Waals surface area contributed by atoms with E-state index >= 15 is 0 Å². The number of nitrogens with two attached hydrogens (primary N) is 1. The van der Waals surface area contributed by atoms with Crippen molar-refractivity contribution in [3.8, 4) is 11.1 Å². The molecule has 0 spiro atoms. The van der Waals surface area contributed by atoms with Crippen molar-refractivity contribution in [2.75, 3.05) is 71.3 Å². The molecule has 2 fully saturated rings. The first-order valence-electron chi connectivity index (χ1n) is 20.7. The first-order chi connectivity index (χ1) is 29.8. The highest BCUT2D eigenvalue weighted by atomic mass is 79.9. The molecule has 6 rings (SSSR count). The molecule has 2 aliphatic rings. The zero-order valence-corrected chi connectivity index (χ0v) is 37.1. The van der Waals surface area contributed by atoms with Gasteiger partial charge in [0.2, 0.25) is 17.7 Å². The van der Waals surface area contributed by atoms with E-state index in [0.717, 1.165) is 23.1 Å². The van der Waals surface area contributed by atoms with Crippen LogP contribution < -0.4 is 16.4 Å². The number of nitrogens with zero attached hydrogens (tertiary/aromatic N) is 6. The molecule has 0 unspecified atom stereocenters. The minimum atomic E-state index is -0.669. The molecule has 4 aromatic rings. The smallest absolute Gasteiger partial charge is 0.248 e. The molecule has 1 saturated carbocycles. The fourth-order valence-electron chi connectivity index (χ4n) is 7.61. The highest BCUT2D eigenvalue weighted by Gasteiger charge is 2.64. The summed E-state index contributed by atoms with van der Waals surface area (Å²) in [6.07, 6.45) is 5.24. The van der Waals surface area contributed by atoms with Gasteiger partial charge in [-0.15, -0.1) is 0 Å². The van der Waals surface area contributed by atoms with Crippen molar-refractivity contribution in [1.29, 1.82) is 0 Å². The van der Waals surface area contributed by atoms with Crippen molar-refractivity contribution in [3.63, 3.8) is 0 Å². The highest BCUT2D eigenvalue weighted by molar-refractivity contribution is 9.10. The van der Waals surface area contributed by atoms with Crippen molar-refractivity contribution in [2.24, 2.45) is 11.1 Å². The third-order valence-corrected chi connectivity index (χ3v) is 11.4. The van der Waals surface area contributed by atoms with Crippen LogP contribution in [0.1, 0.15) is 60.5 Å². The molecular weight excluding hydrogens is 866 g/mol. The Labute approximate surface area is 368 Å². The summed E-state index contributed by atoms with van der Waals surface area (Å²) >= 11 is 3.36. The van der Waals surface area contributed by atoms with Gasteiger partial charge in [-0.3, -0.25) is 28.7 Å². The van der Waals surface area contributed by atoms with Crippen molar-refractivity contribution in [2.45, 2.75) is 72.0 Å². The summed E-state index contributed by atoms with van der Waals surface area (Å²) in [6, 6.07) is 6.71. The molecule has 19 heteroatoms. The Morgan fingerprint density at radius 2 is 1.61 bits per heavy atom. The Hall–Kier alpha value is -5.05. The fourth-order valence-corrected chi connectivity index (χ4v) is 7.92. The largest absolute Gasteiger partial charge is 0.378 e. The molecule has 4 heterocycles. The first kappa shape index (κ1) is 46.5. The number of amides is 3. The minimum Gasteiger partial charge on any atom is -0.378 e. The van der Waals surface area contributed by atoms with Crippen LogP contribution in [0.2, 0.25) is 0 Å². The van der Waals surface area contributed by atoms with Gasteiger partial charge in [-0.05, 0) is 82.9 Å². The number of fused-ring (bicyclic) bond motifs is 2. The van der Waals surface area contributed by atoms with E-state index in [4.69, 9.17) is 24.7 Å². The van der Waals surface area contributed by atoms with Crippen molar-refractivity contribution in [3.05, 3.63) is 63.9 Å². The van der Waals surface area contributed by atoms with E-state index in [2.05, 4.69) is 53.5 Å². The monoisotopic (exact) mass is 919 g/mol. The van der Waals surface area contributed by atoms with Gasteiger partial charge in [0.15, 0.2) is 11.6 Å². The van der Waals surface area contributed by atoms with Crippen LogP contribution in [-0.2, 0) is 51.1 Å². The van der Waals surface area contributed by atoms with Crippen LogP contribution in [0.5, 0.6) is 0 Å². The van der Waals surface area contributed by atoms with Crippen molar-refractivity contribution < 1.29 is 42.9 Å². The normalized spacial score (nSPS) is 17.9. The number of ether oxygens (including phenoxy) is 4. The Balaban J connectivity index is 0.981. The van der Waals surface area contributed by atoms with Gasteiger partial charge in [0.05, 0.1) is 45.2 Å². The number of benzene rings is 1. The summed E-state index contributed by atoms with van der Waals surface area (Å²) in [5.41, 5.74) is 9.15. The Kier molecular flexibility index (Phi) is 16.0. The number of anilines is 1. The summed E-state index contributed by atoms with van der Waals surface area (Å²) in [5, 5.41) is 10.8. The number of nitrogens with one attached hydrogen (secondary N) is 2. The van der Waals surface area contributed by atoms with E-state index < -0.39 is 6.04 Å². The van der Waals surface area contributed by atoms with Crippen LogP contribution in [0.4, 0.5) is 5.82 Å². The molecule has 3 aromatic heterocycles. The van der Waals surface area contributed by atoms with E-state index in [1.54, 1.807) is 28.0 Å². The number of Topliss-reactive ketones (excluding diaryl/α,β-unsaturated/α-hetero) is 2. The fraction of sp³-hybridized carbons (Fsp3) is 0.512. The number of pyridine rings is 1. The number of hydrogen-bond acceptors (Lipinski definition) is 14. The van der Waals surface area contributed by atoms with Gasteiger partial charge in [-0.25, -0.2) is 15.0 Å². The average Bonchev–Trinajstić information content (AvgIpc) is 3.59. The Morgan fingerprint density at radius 1 is 0.903 bits per heavy atom. The van der Waals surface area contributed by atoms with Gasteiger partial charge >= 0.3 is 0 Å². The Morgan fingerprint density at radius 3 is 2.34 bits per heavy atom. The number of carbonyl (C=O) groups excluding carboxylic acids is 5. The molecule has 0 bridgehead atoms. The summed E-state index contributed by atoms with van der Waals surface area (Å²) in [5.74, 6) is -0.207. The molecule has 18 nitrogen and oxygen atoms in total. The van der Waals surface area contributed by atoms with E-state index in [1.807, 2.05) is 32.0 Å². The second-order valence-electron chi connectivity index (χ2n) is 15.8. The maximum Gasteiger partial charge on any atom is 0.248 e. The molecule has 62 heavy (non-hydrogen) atoms. The molecule has 1 aliphatic carbocycles. The number of aromatic nitrogens is 5. The lowest BCUT2D eigenvalue weighted by atomic mass is 10.0. The van der Waals surface area contributed by atoms with Crippen LogP contribution in [-0.4, -0.2) is 137 Å². The summed E-state index contributed by atoms with van der Waals surface area (Å²) in [4.78, 5) is 79.9. The number of hydrogen-bond donors (Lipinski definition) is 3. The zero-order valence-electron chi connectivity index (χ0n) is 35.5. The average molecular weight is 921 g/mol. The van der Waals surface area contributed by atoms with E-state index in [0.29, 0.717) is 85.1 Å². The van der Waals surface area contributed by atoms with Crippen LogP contribution in [0.3, 0.4) is 0 Å². The van der Waals surface area contributed by atoms with Gasteiger partial charge in [0.25, 0.3) is 0 Å². The summed E-state index contributed by atoms with van der Waals surface area (Å²) in [7, 11) is 0. The highest BCUT2D eigenvalue weighted by Crippen LogP contribution is 2.59. The summed E-state index contributed by atoms with van der Waals surface area (Å²) in [6.45, 7) is 9.69. The molecule has 4 N–H and O–H groups in total. The molecule has 1 aliphatic heterocycles. The zero-order chi connectivity index (χ0) is 44.4. The van der Waals surface area contributed by atoms with Crippen LogP contribution in [0.15, 0.2) is 41.3 Å². The second-order valence-corrected chi connectivity index (χ2v) is 16.6. The maximum atomic E-state index is 14.1. The molecule has 1 aromatic carbocycles. The van der Waals surface area contributed by atoms with Crippen molar-refractivity contribution in [1.82, 2.24) is 34.9 Å². The molecule has 3 atom stereocenters. The predicted octanol–water partition coefficient (Wildman–Crippen LogP) is 3.13. The SMILES string of the molecule is CC(=O)c1nn(CC(=O)N2[C@H](C(=O)Nc3nc(Br)ccc3C)C[C@@]3(C)C[C@@H]23)c2c(C)cc(-c3cnc(CCC(=O)COCCOCCNC(=O)COCCOCCN)nc3)cc12. The van der Waals surface area contributed by atoms with Crippen LogP contribution in [0, 0.1) is 19.3 Å². The van der Waals surface area contributed by atoms with Gasteiger partial charge < -0.3 is 40.2 Å². The molecular formula is C43H54BrN9O9. The van der Waals surface area contributed by atoms with Gasteiger partial charge in [-0.2, -0.15) is 5.10 Å². The van der Waals surface area contributed by atoms with E-state index in [1.165, 1.54) is 6.92 Å². The standard InChI is InChI=1S/C43H54BrN9O9/c1-26-5-7-35(44)49-41(26)50-42(58)33-19-43(4)20-34(43)53(33)38(57)23-52-40-27(2)17-29(18-32(40)39(51-52)28(3)54)30-21-47-36(48-22-30)8-6-31(55)24-61-15-14-60-12-10-46-37(56)25-62-16-13-59-11-9-45/h5,7,17-18,21-22,33-34H,6,8-16,19-20,23-25,45H2,1-4H3,(H,46,56)(H,49,50,58)/t33-,34+,43-/m0/s1. The second kappa shape index (κ2) is 21.4. The minimum absolute atomic E-state index is 0.0612. The van der Waals surface area contributed by atoms with Gasteiger partial charge in [0.1, 0.15) is 47.7 Å². The molecule has 3 amide bonds. The third kappa shape index (κ3) is 11.9. The number of piperidine rings is 1.